The van der Waals surface area contributed by atoms with E-state index in [4.69, 9.17) is 9.72 Å². The summed E-state index contributed by atoms with van der Waals surface area (Å²) in [5, 5.41) is 4.15. The van der Waals surface area contributed by atoms with Crippen molar-refractivity contribution in [2.75, 3.05) is 18.9 Å². The maximum Gasteiger partial charge on any atom is 0.263 e. The Bertz CT molecular complexity index is 928. The van der Waals surface area contributed by atoms with E-state index >= 15 is 0 Å². The van der Waals surface area contributed by atoms with E-state index in [1.165, 1.54) is 22.2 Å². The lowest BCUT2D eigenvalue weighted by Crippen LogP contribution is -2.30. The molecule has 2 aliphatic rings. The number of rotatable bonds is 7. The third-order valence-electron chi connectivity index (χ3n) is 4.98. The fraction of sp³-hybridized carbons (Fsp3) is 0.526. The zero-order chi connectivity index (χ0) is 18.8. The topological polar surface area (TPSA) is 73.2 Å². The minimum atomic E-state index is -0.0911. The van der Waals surface area contributed by atoms with Crippen LogP contribution in [0.4, 0.5) is 0 Å². The quantitative estimate of drug-likeness (QED) is 0.435. The number of hydrogen-bond acceptors (Lipinski definition) is 6. The molecular weight excluding hydrogens is 382 g/mol. The molecule has 0 unspecified atom stereocenters. The number of carbonyl (C=O) groups excluding carboxylic acids is 1. The van der Waals surface area contributed by atoms with Crippen LogP contribution >= 0.6 is 23.1 Å². The number of nitrogens with one attached hydrogen (secondary N) is 1. The molecule has 3 heterocycles. The molecule has 1 N–H and O–H groups in total. The van der Waals surface area contributed by atoms with Gasteiger partial charge in [0.15, 0.2) is 5.16 Å². The number of thioether (sulfide) groups is 1. The van der Waals surface area contributed by atoms with Crippen molar-refractivity contribution < 1.29 is 9.53 Å². The molecule has 1 amide bonds. The van der Waals surface area contributed by atoms with Crippen LogP contribution < -0.4 is 10.9 Å². The molecule has 0 aromatic carbocycles. The average molecular weight is 406 g/mol. The summed E-state index contributed by atoms with van der Waals surface area (Å²) in [5.74, 6) is 0.133. The minimum absolute atomic E-state index is 0.0175. The zero-order valence-corrected chi connectivity index (χ0v) is 16.8. The SMILES string of the molecule is C=CCNC(=O)CSc1nc2sc3c(c2c(=O)n1C[C@@H]1CCCO1)CCC3. The molecule has 144 valence electrons. The number of ether oxygens (including phenoxy) is 1. The van der Waals surface area contributed by atoms with Crippen LogP contribution in [0.15, 0.2) is 22.6 Å². The van der Waals surface area contributed by atoms with Gasteiger partial charge in [0.05, 0.1) is 23.8 Å². The third kappa shape index (κ3) is 3.83. The van der Waals surface area contributed by atoms with Gasteiger partial charge in [-0.1, -0.05) is 17.8 Å². The summed E-state index contributed by atoms with van der Waals surface area (Å²) in [7, 11) is 0. The number of carbonyl (C=O) groups is 1. The van der Waals surface area contributed by atoms with Gasteiger partial charge < -0.3 is 10.1 Å². The molecule has 27 heavy (non-hydrogen) atoms. The Hall–Kier alpha value is -1.64. The normalized spacial score (nSPS) is 18.7. The molecule has 8 heteroatoms. The molecule has 0 saturated carbocycles. The monoisotopic (exact) mass is 405 g/mol. The molecule has 1 fully saturated rings. The second-order valence-electron chi connectivity index (χ2n) is 6.86. The highest BCUT2D eigenvalue weighted by Crippen LogP contribution is 2.35. The van der Waals surface area contributed by atoms with Gasteiger partial charge in [-0.3, -0.25) is 14.2 Å². The van der Waals surface area contributed by atoms with Crippen molar-refractivity contribution in [2.45, 2.75) is 49.9 Å². The van der Waals surface area contributed by atoms with Crippen molar-refractivity contribution in [2.24, 2.45) is 0 Å². The zero-order valence-electron chi connectivity index (χ0n) is 15.2. The Balaban J connectivity index is 1.68. The Kier molecular flexibility index (Phi) is 5.66. The number of fused-ring (bicyclic) bond motifs is 3. The number of aromatic nitrogens is 2. The Morgan fingerprint density at radius 2 is 2.33 bits per heavy atom. The first-order valence-electron chi connectivity index (χ1n) is 9.34. The molecule has 4 rings (SSSR count). The highest BCUT2D eigenvalue weighted by Gasteiger charge is 2.25. The van der Waals surface area contributed by atoms with Crippen LogP contribution in [0.3, 0.4) is 0 Å². The summed E-state index contributed by atoms with van der Waals surface area (Å²) in [6, 6.07) is 0. The molecule has 1 saturated heterocycles. The first kappa shape index (κ1) is 18.7. The second kappa shape index (κ2) is 8.16. The number of amides is 1. The van der Waals surface area contributed by atoms with Crippen LogP contribution in [0.2, 0.25) is 0 Å². The van der Waals surface area contributed by atoms with Crippen LogP contribution in [0.5, 0.6) is 0 Å². The molecule has 0 radical (unpaired) electrons. The summed E-state index contributed by atoms with van der Waals surface area (Å²) in [5.41, 5.74) is 1.21. The van der Waals surface area contributed by atoms with Crippen LogP contribution in [0, 0.1) is 0 Å². The average Bonchev–Trinajstić information content (AvgIpc) is 3.37. The van der Waals surface area contributed by atoms with Crippen molar-refractivity contribution in [3.63, 3.8) is 0 Å². The van der Waals surface area contributed by atoms with Gasteiger partial charge in [0.1, 0.15) is 4.83 Å². The molecule has 1 aliphatic carbocycles. The minimum Gasteiger partial charge on any atom is -0.376 e. The fourth-order valence-corrected chi connectivity index (χ4v) is 5.83. The number of aryl methyl sites for hydroxylation is 2. The Morgan fingerprint density at radius 1 is 1.44 bits per heavy atom. The lowest BCUT2D eigenvalue weighted by atomic mass is 10.2. The van der Waals surface area contributed by atoms with E-state index in [1.54, 1.807) is 22.0 Å². The fourth-order valence-electron chi connectivity index (χ4n) is 3.69. The molecule has 2 aromatic heterocycles. The van der Waals surface area contributed by atoms with Gasteiger partial charge in [-0.25, -0.2) is 4.98 Å². The van der Waals surface area contributed by atoms with Gasteiger partial charge >= 0.3 is 0 Å². The largest absolute Gasteiger partial charge is 0.376 e. The summed E-state index contributed by atoms with van der Waals surface area (Å²) in [4.78, 5) is 32.2. The molecule has 0 bridgehead atoms. The van der Waals surface area contributed by atoms with Gasteiger partial charge in [-0.2, -0.15) is 0 Å². The van der Waals surface area contributed by atoms with Crippen molar-refractivity contribution in [3.8, 4) is 0 Å². The molecule has 1 aliphatic heterocycles. The van der Waals surface area contributed by atoms with Crippen molar-refractivity contribution >= 4 is 39.2 Å². The van der Waals surface area contributed by atoms with E-state index in [-0.39, 0.29) is 23.3 Å². The first-order chi connectivity index (χ1) is 13.2. The van der Waals surface area contributed by atoms with E-state index in [1.807, 2.05) is 0 Å². The molecule has 6 nitrogen and oxygen atoms in total. The van der Waals surface area contributed by atoms with Crippen LogP contribution in [-0.2, 0) is 28.9 Å². The smallest absolute Gasteiger partial charge is 0.263 e. The van der Waals surface area contributed by atoms with Crippen molar-refractivity contribution in [1.82, 2.24) is 14.9 Å². The maximum absolute atomic E-state index is 13.3. The predicted octanol–water partition coefficient (Wildman–Crippen LogP) is 2.52. The van der Waals surface area contributed by atoms with E-state index in [0.717, 1.165) is 48.9 Å². The molecule has 2 aromatic rings. The maximum atomic E-state index is 13.3. The van der Waals surface area contributed by atoms with Gasteiger partial charge in [0.25, 0.3) is 5.56 Å². The number of hydrogen-bond donors (Lipinski definition) is 1. The van der Waals surface area contributed by atoms with E-state index in [9.17, 15) is 9.59 Å². The summed E-state index contributed by atoms with van der Waals surface area (Å²) in [6.07, 6.45) is 6.78. The van der Waals surface area contributed by atoms with Gasteiger partial charge in [0.2, 0.25) is 5.91 Å². The predicted molar refractivity (Wildman–Crippen MR) is 109 cm³/mol. The molecule has 0 spiro atoms. The van der Waals surface area contributed by atoms with E-state index in [2.05, 4.69) is 11.9 Å². The Morgan fingerprint density at radius 3 is 3.11 bits per heavy atom. The first-order valence-corrected chi connectivity index (χ1v) is 11.1. The summed E-state index contributed by atoms with van der Waals surface area (Å²) < 4.78 is 7.48. The molecular formula is C19H23N3O3S2. The van der Waals surface area contributed by atoms with Gasteiger partial charge in [-0.15, -0.1) is 17.9 Å². The van der Waals surface area contributed by atoms with Gasteiger partial charge in [0, 0.05) is 18.0 Å². The second-order valence-corrected chi connectivity index (χ2v) is 8.89. The number of nitrogens with zero attached hydrogens (tertiary/aromatic N) is 2. The summed E-state index contributed by atoms with van der Waals surface area (Å²) in [6.45, 7) is 5.29. The Labute approximate surface area is 166 Å². The highest BCUT2D eigenvalue weighted by atomic mass is 32.2. The van der Waals surface area contributed by atoms with Crippen molar-refractivity contribution in [1.29, 1.82) is 0 Å². The van der Waals surface area contributed by atoms with Crippen molar-refractivity contribution in [3.05, 3.63) is 33.4 Å². The molecule has 1 atom stereocenters. The number of thiophene rings is 1. The van der Waals surface area contributed by atoms with Gasteiger partial charge in [-0.05, 0) is 37.7 Å². The lowest BCUT2D eigenvalue weighted by Gasteiger charge is -2.16. The van der Waals surface area contributed by atoms with E-state index < -0.39 is 0 Å². The summed E-state index contributed by atoms with van der Waals surface area (Å²) >= 11 is 2.95. The van der Waals surface area contributed by atoms with Crippen LogP contribution in [-0.4, -0.2) is 40.5 Å². The van der Waals surface area contributed by atoms with E-state index in [0.29, 0.717) is 18.2 Å². The standard InChI is InChI=1S/C19H23N3O3S2/c1-2-8-20-15(23)11-26-19-21-17-16(13-6-3-7-14(13)27-17)18(24)22(19)10-12-5-4-9-25-12/h2,12H,1,3-11H2,(H,20,23)/t12-/m0/s1. The lowest BCUT2D eigenvalue weighted by molar-refractivity contribution is -0.118. The van der Waals surface area contributed by atoms with Crippen LogP contribution in [0.25, 0.3) is 10.2 Å². The third-order valence-corrected chi connectivity index (χ3v) is 7.14. The highest BCUT2D eigenvalue weighted by molar-refractivity contribution is 7.99. The van der Waals surface area contributed by atoms with Crippen LogP contribution in [0.1, 0.15) is 29.7 Å².